The maximum atomic E-state index is 13.2. The molecular formula is C22H24FN3O2. The van der Waals surface area contributed by atoms with Gasteiger partial charge in [-0.3, -0.25) is 9.36 Å². The first kappa shape index (κ1) is 18.6. The van der Waals surface area contributed by atoms with Gasteiger partial charge in [0, 0.05) is 19.6 Å². The van der Waals surface area contributed by atoms with E-state index in [2.05, 4.69) is 16.8 Å². The third kappa shape index (κ3) is 3.64. The van der Waals surface area contributed by atoms with Crippen LogP contribution in [0.4, 0.5) is 4.39 Å². The van der Waals surface area contributed by atoms with Crippen molar-refractivity contribution in [3.05, 3.63) is 80.7 Å². The number of para-hydroxylation sites is 1. The van der Waals surface area contributed by atoms with E-state index >= 15 is 0 Å². The number of aromatic amines is 1. The number of nitrogens with one attached hydrogen (secondary N) is 1. The molecule has 5 nitrogen and oxygen atoms in total. The van der Waals surface area contributed by atoms with Gasteiger partial charge in [-0.15, -0.1) is 0 Å². The van der Waals surface area contributed by atoms with Crippen molar-refractivity contribution in [3.63, 3.8) is 0 Å². The van der Waals surface area contributed by atoms with E-state index in [0.717, 1.165) is 19.5 Å². The van der Waals surface area contributed by atoms with Crippen LogP contribution in [0.5, 0.6) is 0 Å². The monoisotopic (exact) mass is 381 g/mol. The molecule has 0 bridgehead atoms. The topological polar surface area (TPSA) is 58.1 Å². The molecular weight excluding hydrogens is 357 g/mol. The van der Waals surface area contributed by atoms with Crippen LogP contribution in [0, 0.1) is 11.7 Å². The Kier molecular flexibility index (Phi) is 5.13. The summed E-state index contributed by atoms with van der Waals surface area (Å²) in [5.41, 5.74) is 1.14. The summed E-state index contributed by atoms with van der Waals surface area (Å²) in [5, 5.41) is 0.533. The van der Waals surface area contributed by atoms with Crippen LogP contribution >= 0.6 is 0 Å². The van der Waals surface area contributed by atoms with Gasteiger partial charge in [-0.05, 0) is 54.6 Å². The van der Waals surface area contributed by atoms with Crippen LogP contribution in [0.1, 0.15) is 24.8 Å². The molecule has 0 aliphatic carbocycles. The van der Waals surface area contributed by atoms with Crippen LogP contribution < -0.4 is 11.2 Å². The smallest absolute Gasteiger partial charge is 0.307 e. The molecule has 0 saturated carbocycles. The van der Waals surface area contributed by atoms with Crippen molar-refractivity contribution >= 4 is 10.9 Å². The minimum absolute atomic E-state index is 0.208. The van der Waals surface area contributed by atoms with E-state index in [0.29, 0.717) is 35.8 Å². The van der Waals surface area contributed by atoms with Crippen molar-refractivity contribution in [2.45, 2.75) is 25.8 Å². The minimum atomic E-state index is -0.363. The van der Waals surface area contributed by atoms with Crippen molar-refractivity contribution in [3.8, 4) is 0 Å². The van der Waals surface area contributed by atoms with Gasteiger partial charge in [-0.1, -0.05) is 31.2 Å². The van der Waals surface area contributed by atoms with Gasteiger partial charge in [0.05, 0.1) is 10.9 Å². The number of nitrogens with zero attached hydrogens (tertiary/aromatic N) is 2. The molecule has 0 spiro atoms. The highest BCUT2D eigenvalue weighted by atomic mass is 19.1. The first-order valence-corrected chi connectivity index (χ1v) is 9.72. The predicted octanol–water partition coefficient (Wildman–Crippen LogP) is 2.95. The van der Waals surface area contributed by atoms with Crippen LogP contribution in [-0.2, 0) is 6.54 Å². The molecule has 1 fully saturated rings. The lowest BCUT2D eigenvalue weighted by atomic mass is 9.81. The standard InChI is InChI=1S/C22H24FN3O2/c1-15-14-25(11-10-18(15)16-6-8-17(23)9-7-16)12-13-26-21(27)19-4-2-3-5-20(19)24-22(26)28/h2-9,15,18H,10-14H2,1H3,(H,24,28)/t15-,18+/m1/s1. The minimum Gasteiger partial charge on any atom is -0.307 e. The average Bonchev–Trinajstić information content (AvgIpc) is 2.69. The molecule has 146 valence electrons. The summed E-state index contributed by atoms with van der Waals surface area (Å²) in [6.45, 7) is 5.01. The molecule has 1 saturated heterocycles. The number of likely N-dealkylation sites (tertiary alicyclic amines) is 1. The fourth-order valence-corrected chi connectivity index (χ4v) is 4.28. The Bertz CT molecular complexity index is 1090. The highest BCUT2D eigenvalue weighted by molar-refractivity contribution is 5.76. The molecule has 0 unspecified atom stereocenters. The van der Waals surface area contributed by atoms with Crippen molar-refractivity contribution in [1.29, 1.82) is 0 Å². The number of hydrogen-bond donors (Lipinski definition) is 1. The van der Waals surface area contributed by atoms with Crippen LogP contribution in [-0.4, -0.2) is 34.1 Å². The summed E-state index contributed by atoms with van der Waals surface area (Å²) in [6.07, 6.45) is 0.982. The third-order valence-electron chi connectivity index (χ3n) is 5.82. The number of aromatic nitrogens is 2. The van der Waals surface area contributed by atoms with Gasteiger partial charge in [0.15, 0.2) is 0 Å². The maximum Gasteiger partial charge on any atom is 0.328 e. The molecule has 2 aromatic carbocycles. The highest BCUT2D eigenvalue weighted by Crippen LogP contribution is 2.32. The van der Waals surface area contributed by atoms with Gasteiger partial charge in [-0.2, -0.15) is 0 Å². The quantitative estimate of drug-likeness (QED) is 0.756. The number of halogens is 1. The molecule has 4 rings (SSSR count). The zero-order valence-electron chi connectivity index (χ0n) is 15.9. The molecule has 0 amide bonds. The zero-order valence-corrected chi connectivity index (χ0v) is 15.9. The zero-order chi connectivity index (χ0) is 19.7. The van der Waals surface area contributed by atoms with E-state index in [1.54, 1.807) is 24.3 Å². The molecule has 2 atom stereocenters. The van der Waals surface area contributed by atoms with Gasteiger partial charge in [0.2, 0.25) is 0 Å². The van der Waals surface area contributed by atoms with E-state index < -0.39 is 0 Å². The van der Waals surface area contributed by atoms with Crippen molar-refractivity contribution < 1.29 is 4.39 Å². The SMILES string of the molecule is C[C@@H]1CN(CCn2c(=O)[nH]c3ccccc3c2=O)CC[C@@H]1c1ccc(F)cc1. The second kappa shape index (κ2) is 7.72. The Morgan fingerprint density at radius 1 is 1.07 bits per heavy atom. The van der Waals surface area contributed by atoms with E-state index in [4.69, 9.17) is 0 Å². The molecule has 6 heteroatoms. The second-order valence-electron chi connectivity index (χ2n) is 7.66. The summed E-state index contributed by atoms with van der Waals surface area (Å²) >= 11 is 0. The average molecular weight is 381 g/mol. The van der Waals surface area contributed by atoms with Crippen LogP contribution in [0.3, 0.4) is 0 Å². The number of fused-ring (bicyclic) bond motifs is 1. The maximum absolute atomic E-state index is 13.2. The van der Waals surface area contributed by atoms with Gasteiger partial charge >= 0.3 is 5.69 Å². The molecule has 1 N–H and O–H groups in total. The van der Waals surface area contributed by atoms with E-state index in [-0.39, 0.29) is 17.1 Å². The number of benzene rings is 2. The van der Waals surface area contributed by atoms with Crippen LogP contribution in [0.25, 0.3) is 10.9 Å². The first-order valence-electron chi connectivity index (χ1n) is 9.72. The highest BCUT2D eigenvalue weighted by Gasteiger charge is 2.27. The number of rotatable bonds is 4. The van der Waals surface area contributed by atoms with E-state index in [1.807, 2.05) is 12.1 Å². The Morgan fingerprint density at radius 3 is 2.57 bits per heavy atom. The number of piperidine rings is 1. The summed E-state index contributed by atoms with van der Waals surface area (Å²) in [6, 6.07) is 13.9. The third-order valence-corrected chi connectivity index (χ3v) is 5.82. The molecule has 3 aromatic rings. The molecule has 0 radical (unpaired) electrons. The summed E-state index contributed by atoms with van der Waals surface area (Å²) in [4.78, 5) is 30.0. The molecule has 1 aliphatic rings. The Labute approximate surface area is 162 Å². The fraction of sp³-hybridized carbons (Fsp3) is 0.364. The normalized spacial score (nSPS) is 20.5. The Balaban J connectivity index is 1.44. The number of hydrogen-bond acceptors (Lipinski definition) is 3. The summed E-state index contributed by atoms with van der Waals surface area (Å²) in [5.74, 6) is 0.620. The van der Waals surface area contributed by atoms with Crippen molar-refractivity contribution in [2.24, 2.45) is 5.92 Å². The van der Waals surface area contributed by atoms with Gasteiger partial charge < -0.3 is 9.88 Å². The van der Waals surface area contributed by atoms with E-state index in [9.17, 15) is 14.0 Å². The van der Waals surface area contributed by atoms with Crippen LogP contribution in [0.2, 0.25) is 0 Å². The molecule has 28 heavy (non-hydrogen) atoms. The number of H-pyrrole nitrogens is 1. The summed E-state index contributed by atoms with van der Waals surface area (Å²) < 4.78 is 14.5. The lowest BCUT2D eigenvalue weighted by Gasteiger charge is -2.37. The molecule has 2 heterocycles. The fourth-order valence-electron chi connectivity index (χ4n) is 4.28. The lowest BCUT2D eigenvalue weighted by molar-refractivity contribution is 0.157. The largest absolute Gasteiger partial charge is 0.328 e. The van der Waals surface area contributed by atoms with Gasteiger partial charge in [0.1, 0.15) is 5.82 Å². The predicted molar refractivity (Wildman–Crippen MR) is 108 cm³/mol. The Hall–Kier alpha value is -2.73. The summed E-state index contributed by atoms with van der Waals surface area (Å²) in [7, 11) is 0. The lowest BCUT2D eigenvalue weighted by Crippen LogP contribution is -2.43. The van der Waals surface area contributed by atoms with Crippen molar-refractivity contribution in [1.82, 2.24) is 14.5 Å². The van der Waals surface area contributed by atoms with Gasteiger partial charge in [0.25, 0.3) is 5.56 Å². The Morgan fingerprint density at radius 2 is 1.82 bits per heavy atom. The second-order valence-corrected chi connectivity index (χ2v) is 7.66. The van der Waals surface area contributed by atoms with Gasteiger partial charge in [-0.25, -0.2) is 9.18 Å². The first-order chi connectivity index (χ1) is 13.5. The molecule has 1 aliphatic heterocycles. The van der Waals surface area contributed by atoms with E-state index in [1.165, 1.54) is 22.3 Å². The molecule has 1 aromatic heterocycles. The van der Waals surface area contributed by atoms with Crippen molar-refractivity contribution in [2.75, 3.05) is 19.6 Å². The van der Waals surface area contributed by atoms with Crippen LogP contribution in [0.15, 0.2) is 58.1 Å².